The van der Waals surface area contributed by atoms with Gasteiger partial charge in [-0.3, -0.25) is 25.2 Å². The van der Waals surface area contributed by atoms with Crippen molar-refractivity contribution < 1.29 is 23.9 Å². The summed E-state index contributed by atoms with van der Waals surface area (Å²) in [5.41, 5.74) is 5.95. The quantitative estimate of drug-likeness (QED) is 0.437. The number of para-hydroxylation sites is 1. The number of carbonyl (C=O) groups excluding carboxylic acids is 3. The molecule has 0 saturated heterocycles. The van der Waals surface area contributed by atoms with E-state index in [0.717, 1.165) is 5.56 Å². The first-order chi connectivity index (χ1) is 16.0. The Bertz CT molecular complexity index is 1060. The number of benzene rings is 3. The van der Waals surface area contributed by atoms with Gasteiger partial charge in [0.2, 0.25) is 0 Å². The summed E-state index contributed by atoms with van der Waals surface area (Å²) < 4.78 is 10.6. The third-order valence-corrected chi connectivity index (χ3v) is 4.70. The molecule has 0 saturated carbocycles. The zero-order chi connectivity index (χ0) is 23.5. The van der Waals surface area contributed by atoms with Gasteiger partial charge in [-0.1, -0.05) is 48.5 Å². The zero-order valence-electron chi connectivity index (χ0n) is 18.1. The second-order valence-electron chi connectivity index (χ2n) is 7.08. The summed E-state index contributed by atoms with van der Waals surface area (Å²) in [4.78, 5) is 37.5. The first kappa shape index (κ1) is 23.3. The average Bonchev–Trinajstić information content (AvgIpc) is 2.87. The Morgan fingerprint density at radius 1 is 0.788 bits per heavy atom. The van der Waals surface area contributed by atoms with Gasteiger partial charge in [0.05, 0.1) is 7.11 Å². The largest absolute Gasteiger partial charge is 0.497 e. The lowest BCUT2D eigenvalue weighted by Gasteiger charge is -2.19. The van der Waals surface area contributed by atoms with Gasteiger partial charge in [0, 0.05) is 12.0 Å². The lowest BCUT2D eigenvalue weighted by molar-refractivity contribution is -0.130. The minimum atomic E-state index is -0.943. The topological polar surface area (TPSA) is 106 Å². The smallest absolute Gasteiger partial charge is 0.269 e. The Balaban J connectivity index is 1.63. The van der Waals surface area contributed by atoms with Crippen LogP contribution in [0.5, 0.6) is 11.5 Å². The summed E-state index contributed by atoms with van der Waals surface area (Å²) in [5.74, 6) is -0.287. The molecule has 0 aromatic heterocycles. The number of rotatable bonds is 9. The van der Waals surface area contributed by atoms with Crippen LogP contribution in [0.3, 0.4) is 0 Å². The molecule has 3 N–H and O–H groups in total. The standard InChI is InChI=1S/C25H25N3O5/c1-32-20-14-12-18(13-15-20)16-22(26-23(29)17-33-21-10-6-3-7-11-21)25(31)28-27-24(30)19-8-4-2-5-9-19/h2-15,22H,16-17H2,1H3,(H,26,29)(H,27,30)(H,28,31). The van der Waals surface area contributed by atoms with E-state index >= 15 is 0 Å². The highest BCUT2D eigenvalue weighted by Crippen LogP contribution is 2.13. The first-order valence-corrected chi connectivity index (χ1v) is 10.3. The van der Waals surface area contributed by atoms with Crippen molar-refractivity contribution in [1.29, 1.82) is 0 Å². The Hall–Kier alpha value is -4.33. The molecule has 8 nitrogen and oxygen atoms in total. The van der Waals surface area contributed by atoms with Crippen LogP contribution in [-0.2, 0) is 16.0 Å². The van der Waals surface area contributed by atoms with Gasteiger partial charge in [0.25, 0.3) is 17.7 Å². The third-order valence-electron chi connectivity index (χ3n) is 4.70. The summed E-state index contributed by atoms with van der Waals surface area (Å²) in [6, 6.07) is 23.5. The first-order valence-electron chi connectivity index (χ1n) is 10.3. The fraction of sp³-hybridized carbons (Fsp3) is 0.160. The van der Waals surface area contributed by atoms with Crippen molar-refractivity contribution in [1.82, 2.24) is 16.2 Å². The van der Waals surface area contributed by atoms with Crippen LogP contribution in [0.25, 0.3) is 0 Å². The number of hydrazine groups is 1. The molecule has 1 unspecified atom stereocenters. The van der Waals surface area contributed by atoms with Crippen LogP contribution < -0.4 is 25.6 Å². The van der Waals surface area contributed by atoms with Crippen LogP contribution in [0, 0.1) is 0 Å². The molecule has 8 heteroatoms. The van der Waals surface area contributed by atoms with Crippen LogP contribution in [0.15, 0.2) is 84.9 Å². The SMILES string of the molecule is COc1ccc(CC(NC(=O)COc2ccccc2)C(=O)NNC(=O)c2ccccc2)cc1. The number of nitrogens with one attached hydrogen (secondary N) is 3. The molecule has 3 aromatic carbocycles. The number of ether oxygens (including phenoxy) is 2. The van der Waals surface area contributed by atoms with Crippen molar-refractivity contribution in [3.63, 3.8) is 0 Å². The Labute approximate surface area is 191 Å². The van der Waals surface area contributed by atoms with Crippen LogP contribution in [0.2, 0.25) is 0 Å². The van der Waals surface area contributed by atoms with Crippen LogP contribution in [0.1, 0.15) is 15.9 Å². The van der Waals surface area contributed by atoms with E-state index in [2.05, 4.69) is 16.2 Å². The van der Waals surface area contributed by atoms with Crippen molar-refractivity contribution in [2.24, 2.45) is 0 Å². The van der Waals surface area contributed by atoms with Crippen LogP contribution in [0.4, 0.5) is 0 Å². The van der Waals surface area contributed by atoms with Crippen molar-refractivity contribution in [3.05, 3.63) is 96.1 Å². The normalized spacial score (nSPS) is 11.1. The molecule has 0 aliphatic heterocycles. The monoisotopic (exact) mass is 447 g/mol. The van der Waals surface area contributed by atoms with Crippen LogP contribution in [-0.4, -0.2) is 37.5 Å². The van der Waals surface area contributed by atoms with Gasteiger partial charge in [-0.15, -0.1) is 0 Å². The van der Waals surface area contributed by atoms with Crippen molar-refractivity contribution in [3.8, 4) is 11.5 Å². The van der Waals surface area contributed by atoms with E-state index in [9.17, 15) is 14.4 Å². The van der Waals surface area contributed by atoms with E-state index < -0.39 is 23.8 Å². The minimum absolute atomic E-state index is 0.202. The lowest BCUT2D eigenvalue weighted by atomic mass is 10.1. The van der Waals surface area contributed by atoms with Gasteiger partial charge in [0.15, 0.2) is 6.61 Å². The maximum atomic E-state index is 12.8. The molecule has 3 rings (SSSR count). The molecule has 33 heavy (non-hydrogen) atoms. The highest BCUT2D eigenvalue weighted by Gasteiger charge is 2.22. The lowest BCUT2D eigenvalue weighted by Crippen LogP contribution is -2.53. The average molecular weight is 447 g/mol. The van der Waals surface area contributed by atoms with E-state index in [1.54, 1.807) is 86.0 Å². The Morgan fingerprint density at radius 2 is 1.42 bits per heavy atom. The molecule has 0 aliphatic rings. The fourth-order valence-electron chi connectivity index (χ4n) is 2.98. The summed E-state index contributed by atoms with van der Waals surface area (Å²) in [6.45, 7) is -0.257. The molecule has 0 heterocycles. The van der Waals surface area contributed by atoms with Crippen LogP contribution >= 0.6 is 0 Å². The third kappa shape index (κ3) is 7.39. The maximum absolute atomic E-state index is 12.8. The fourth-order valence-corrected chi connectivity index (χ4v) is 2.98. The van der Waals surface area contributed by atoms with Gasteiger partial charge in [0.1, 0.15) is 17.5 Å². The van der Waals surface area contributed by atoms with Gasteiger partial charge in [-0.25, -0.2) is 0 Å². The van der Waals surface area contributed by atoms with E-state index in [4.69, 9.17) is 9.47 Å². The highest BCUT2D eigenvalue weighted by molar-refractivity contribution is 5.96. The molecule has 170 valence electrons. The highest BCUT2D eigenvalue weighted by atomic mass is 16.5. The van der Waals surface area contributed by atoms with Gasteiger partial charge in [-0.05, 0) is 42.0 Å². The molecule has 3 aromatic rings. The van der Waals surface area contributed by atoms with E-state index in [1.807, 2.05) is 6.07 Å². The number of hydrogen-bond acceptors (Lipinski definition) is 5. The minimum Gasteiger partial charge on any atom is -0.497 e. The van der Waals surface area contributed by atoms with Gasteiger partial charge in [-0.2, -0.15) is 0 Å². The molecular formula is C25H25N3O5. The zero-order valence-corrected chi connectivity index (χ0v) is 18.1. The predicted octanol–water partition coefficient (Wildman–Crippen LogP) is 2.26. The maximum Gasteiger partial charge on any atom is 0.269 e. The second kappa shape index (κ2) is 11.9. The summed E-state index contributed by atoms with van der Waals surface area (Å²) in [6.07, 6.45) is 0.202. The van der Waals surface area contributed by atoms with E-state index in [1.165, 1.54) is 0 Å². The van der Waals surface area contributed by atoms with Crippen molar-refractivity contribution >= 4 is 17.7 Å². The van der Waals surface area contributed by atoms with Gasteiger partial charge >= 0.3 is 0 Å². The predicted molar refractivity (Wildman–Crippen MR) is 123 cm³/mol. The summed E-state index contributed by atoms with van der Waals surface area (Å²) in [5, 5.41) is 2.67. The number of methoxy groups -OCH3 is 1. The molecule has 0 bridgehead atoms. The summed E-state index contributed by atoms with van der Waals surface area (Å²) in [7, 11) is 1.56. The molecule has 0 radical (unpaired) electrons. The molecule has 0 aliphatic carbocycles. The second-order valence-corrected chi connectivity index (χ2v) is 7.08. The number of amides is 3. The Kier molecular flexibility index (Phi) is 8.41. The molecule has 0 fully saturated rings. The van der Waals surface area contributed by atoms with E-state index in [0.29, 0.717) is 17.1 Å². The number of carbonyl (C=O) groups is 3. The summed E-state index contributed by atoms with van der Waals surface area (Å²) >= 11 is 0. The van der Waals surface area contributed by atoms with Crippen molar-refractivity contribution in [2.75, 3.05) is 13.7 Å². The molecule has 3 amide bonds. The molecule has 1 atom stereocenters. The molecular weight excluding hydrogens is 422 g/mol. The number of hydrogen-bond donors (Lipinski definition) is 3. The van der Waals surface area contributed by atoms with Crippen molar-refractivity contribution in [2.45, 2.75) is 12.5 Å². The van der Waals surface area contributed by atoms with Gasteiger partial charge < -0.3 is 14.8 Å². The Morgan fingerprint density at radius 3 is 2.06 bits per heavy atom. The molecule has 0 spiro atoms. The van der Waals surface area contributed by atoms with E-state index in [-0.39, 0.29) is 13.0 Å².